The van der Waals surface area contributed by atoms with Crippen molar-refractivity contribution in [3.63, 3.8) is 0 Å². The van der Waals surface area contributed by atoms with Gasteiger partial charge in [-0.25, -0.2) is 4.79 Å². The topological polar surface area (TPSA) is 88.4 Å². The standard InChI is InChI=1S/C18H16N2O4/c1-12(17(21)20-16-9-4-3-6-14(16)11-19)24-18(22)13-7-5-8-15(10-13)23-2/h3-10,12H,1-2H3,(H,20,21)/t12-/m0/s1. The highest BCUT2D eigenvalue weighted by Gasteiger charge is 2.20. The van der Waals surface area contributed by atoms with Crippen molar-refractivity contribution < 1.29 is 19.1 Å². The molecule has 0 heterocycles. The maximum atomic E-state index is 12.1. The van der Waals surface area contributed by atoms with Crippen molar-refractivity contribution in [2.24, 2.45) is 0 Å². The minimum atomic E-state index is -1.02. The average Bonchev–Trinajstić information content (AvgIpc) is 2.62. The van der Waals surface area contributed by atoms with Crippen molar-refractivity contribution in [1.29, 1.82) is 5.26 Å². The van der Waals surface area contributed by atoms with E-state index in [1.165, 1.54) is 20.1 Å². The van der Waals surface area contributed by atoms with Crippen LogP contribution < -0.4 is 10.1 Å². The van der Waals surface area contributed by atoms with E-state index in [-0.39, 0.29) is 5.56 Å². The van der Waals surface area contributed by atoms with Gasteiger partial charge in [-0.15, -0.1) is 0 Å². The monoisotopic (exact) mass is 324 g/mol. The van der Waals surface area contributed by atoms with Gasteiger partial charge in [0.05, 0.1) is 23.9 Å². The number of esters is 1. The molecule has 0 radical (unpaired) electrons. The largest absolute Gasteiger partial charge is 0.497 e. The first-order valence-electron chi connectivity index (χ1n) is 7.20. The van der Waals surface area contributed by atoms with E-state index in [0.29, 0.717) is 17.0 Å². The molecule has 0 aliphatic rings. The third-order valence-electron chi connectivity index (χ3n) is 3.26. The van der Waals surface area contributed by atoms with Gasteiger partial charge in [0.15, 0.2) is 6.10 Å². The van der Waals surface area contributed by atoms with E-state index in [0.717, 1.165) is 0 Å². The SMILES string of the molecule is COc1cccc(C(=O)O[C@@H](C)C(=O)Nc2ccccc2C#N)c1. The second-order valence-electron chi connectivity index (χ2n) is 4.93. The number of hydrogen-bond donors (Lipinski definition) is 1. The van der Waals surface area contributed by atoms with Crippen molar-refractivity contribution in [2.75, 3.05) is 12.4 Å². The maximum absolute atomic E-state index is 12.1. The lowest BCUT2D eigenvalue weighted by molar-refractivity contribution is -0.123. The smallest absolute Gasteiger partial charge is 0.339 e. The summed E-state index contributed by atoms with van der Waals surface area (Å²) in [5.41, 5.74) is 0.984. The molecular weight excluding hydrogens is 308 g/mol. The van der Waals surface area contributed by atoms with Gasteiger partial charge in [-0.3, -0.25) is 4.79 Å². The number of methoxy groups -OCH3 is 1. The summed E-state index contributed by atoms with van der Waals surface area (Å²) >= 11 is 0. The minimum absolute atomic E-state index is 0.284. The summed E-state index contributed by atoms with van der Waals surface area (Å²) in [6.07, 6.45) is -1.02. The minimum Gasteiger partial charge on any atom is -0.497 e. The first-order valence-corrected chi connectivity index (χ1v) is 7.20. The fourth-order valence-corrected chi connectivity index (χ4v) is 1.96. The number of anilines is 1. The third-order valence-corrected chi connectivity index (χ3v) is 3.26. The van der Waals surface area contributed by atoms with Gasteiger partial charge in [-0.2, -0.15) is 5.26 Å². The second kappa shape index (κ2) is 7.79. The summed E-state index contributed by atoms with van der Waals surface area (Å²) in [4.78, 5) is 24.2. The normalized spacial score (nSPS) is 11.0. The van der Waals surface area contributed by atoms with Gasteiger partial charge in [0.25, 0.3) is 5.91 Å². The number of nitrogens with one attached hydrogen (secondary N) is 1. The molecule has 2 aromatic carbocycles. The van der Waals surface area contributed by atoms with Gasteiger partial charge >= 0.3 is 5.97 Å². The van der Waals surface area contributed by atoms with E-state index in [2.05, 4.69) is 5.32 Å². The Bertz CT molecular complexity index is 796. The number of carbonyl (C=O) groups is 2. The molecule has 6 heteroatoms. The van der Waals surface area contributed by atoms with Crippen LogP contribution in [0.25, 0.3) is 0 Å². The average molecular weight is 324 g/mol. The number of amides is 1. The third kappa shape index (κ3) is 4.11. The number of nitrogens with zero attached hydrogens (tertiary/aromatic N) is 1. The summed E-state index contributed by atoms with van der Waals surface area (Å²) in [7, 11) is 1.49. The number of rotatable bonds is 5. The Labute approximate surface area is 139 Å². The fraction of sp³-hybridized carbons (Fsp3) is 0.167. The number of benzene rings is 2. The molecule has 0 spiro atoms. The van der Waals surface area contributed by atoms with Crippen LogP contribution in [0.4, 0.5) is 5.69 Å². The van der Waals surface area contributed by atoms with Crippen molar-refractivity contribution in [1.82, 2.24) is 0 Å². The Balaban J connectivity index is 2.03. The van der Waals surface area contributed by atoms with Gasteiger partial charge < -0.3 is 14.8 Å². The van der Waals surface area contributed by atoms with Gasteiger partial charge in [0.2, 0.25) is 0 Å². The van der Waals surface area contributed by atoms with Crippen LogP contribution in [-0.2, 0) is 9.53 Å². The Hall–Kier alpha value is -3.33. The lowest BCUT2D eigenvalue weighted by atomic mass is 10.2. The zero-order chi connectivity index (χ0) is 17.5. The molecule has 0 aliphatic carbocycles. The highest BCUT2D eigenvalue weighted by atomic mass is 16.5. The molecule has 2 rings (SSSR count). The zero-order valence-electron chi connectivity index (χ0n) is 13.3. The molecule has 0 saturated carbocycles. The molecule has 0 bridgehead atoms. The summed E-state index contributed by atoms with van der Waals surface area (Å²) in [5.74, 6) is -0.636. The zero-order valence-corrected chi connectivity index (χ0v) is 13.3. The molecule has 2 aromatic rings. The fourth-order valence-electron chi connectivity index (χ4n) is 1.96. The molecular formula is C18H16N2O4. The number of carbonyl (C=O) groups excluding carboxylic acids is 2. The van der Waals surface area contributed by atoms with Crippen molar-refractivity contribution in [3.8, 4) is 11.8 Å². The van der Waals surface area contributed by atoms with E-state index in [1.54, 1.807) is 42.5 Å². The molecule has 0 aromatic heterocycles. The molecule has 0 aliphatic heterocycles. The van der Waals surface area contributed by atoms with Crippen LogP contribution in [0, 0.1) is 11.3 Å². The van der Waals surface area contributed by atoms with Crippen molar-refractivity contribution in [3.05, 3.63) is 59.7 Å². The van der Waals surface area contributed by atoms with Crippen LogP contribution in [0.3, 0.4) is 0 Å². The van der Waals surface area contributed by atoms with Crippen LogP contribution in [0.15, 0.2) is 48.5 Å². The number of nitriles is 1. The maximum Gasteiger partial charge on any atom is 0.339 e. The van der Waals surface area contributed by atoms with Crippen LogP contribution in [-0.4, -0.2) is 25.1 Å². The van der Waals surface area contributed by atoms with Crippen molar-refractivity contribution in [2.45, 2.75) is 13.0 Å². The number of para-hydroxylation sites is 1. The predicted molar refractivity (Wildman–Crippen MR) is 87.7 cm³/mol. The van der Waals surface area contributed by atoms with Crippen LogP contribution in [0.1, 0.15) is 22.8 Å². The molecule has 1 amide bonds. The Kier molecular flexibility index (Phi) is 5.53. The Morgan fingerprint density at radius 3 is 2.62 bits per heavy atom. The van der Waals surface area contributed by atoms with Gasteiger partial charge in [-0.05, 0) is 37.3 Å². The summed E-state index contributed by atoms with van der Waals surface area (Å²) in [6, 6.07) is 15.0. The lowest BCUT2D eigenvalue weighted by Gasteiger charge is -2.14. The van der Waals surface area contributed by atoms with E-state index in [4.69, 9.17) is 14.7 Å². The second-order valence-corrected chi connectivity index (χ2v) is 4.93. The highest BCUT2D eigenvalue weighted by Crippen LogP contribution is 2.16. The molecule has 122 valence electrons. The van der Waals surface area contributed by atoms with E-state index in [1.807, 2.05) is 6.07 Å². The number of hydrogen-bond acceptors (Lipinski definition) is 5. The Morgan fingerprint density at radius 1 is 1.17 bits per heavy atom. The highest BCUT2D eigenvalue weighted by molar-refractivity contribution is 5.98. The lowest BCUT2D eigenvalue weighted by Crippen LogP contribution is -2.30. The van der Waals surface area contributed by atoms with E-state index in [9.17, 15) is 9.59 Å². The molecule has 6 nitrogen and oxygen atoms in total. The molecule has 1 atom stereocenters. The number of ether oxygens (including phenoxy) is 2. The van der Waals surface area contributed by atoms with Gasteiger partial charge in [-0.1, -0.05) is 18.2 Å². The quantitative estimate of drug-likeness (QED) is 0.854. The van der Waals surface area contributed by atoms with Gasteiger partial charge in [0.1, 0.15) is 11.8 Å². The van der Waals surface area contributed by atoms with Crippen molar-refractivity contribution >= 4 is 17.6 Å². The molecule has 1 N–H and O–H groups in total. The molecule has 0 fully saturated rings. The van der Waals surface area contributed by atoms with Crippen LogP contribution >= 0.6 is 0 Å². The van der Waals surface area contributed by atoms with E-state index >= 15 is 0 Å². The Morgan fingerprint density at radius 2 is 1.92 bits per heavy atom. The molecule has 0 unspecified atom stereocenters. The van der Waals surface area contributed by atoms with E-state index < -0.39 is 18.0 Å². The van der Waals surface area contributed by atoms with Gasteiger partial charge in [0, 0.05) is 0 Å². The molecule has 24 heavy (non-hydrogen) atoms. The predicted octanol–water partition coefficient (Wildman–Crippen LogP) is 2.75. The summed E-state index contributed by atoms with van der Waals surface area (Å²) < 4.78 is 10.2. The molecule has 0 saturated heterocycles. The first kappa shape index (κ1) is 17.0. The first-order chi connectivity index (χ1) is 11.5. The van der Waals surface area contributed by atoms with Crippen LogP contribution in [0.5, 0.6) is 5.75 Å². The van der Waals surface area contributed by atoms with Crippen LogP contribution in [0.2, 0.25) is 0 Å². The summed E-state index contributed by atoms with van der Waals surface area (Å²) in [6.45, 7) is 1.46. The summed E-state index contributed by atoms with van der Waals surface area (Å²) in [5, 5.41) is 11.6.